The van der Waals surface area contributed by atoms with E-state index in [0.717, 1.165) is 0 Å². The van der Waals surface area contributed by atoms with Gasteiger partial charge in [-0.15, -0.1) is 0 Å². The Morgan fingerprint density at radius 1 is 1.33 bits per heavy atom. The molecule has 12 heavy (non-hydrogen) atoms. The number of nitrogens with one attached hydrogen (secondary N) is 1. The summed E-state index contributed by atoms with van der Waals surface area (Å²) < 4.78 is 0. The van der Waals surface area contributed by atoms with Crippen molar-refractivity contribution in [3.8, 4) is 0 Å². The maximum Gasteiger partial charge on any atom is 0.157 e. The van der Waals surface area contributed by atoms with Gasteiger partial charge in [0.1, 0.15) is 12.0 Å². The third kappa shape index (κ3) is 2.20. The highest BCUT2D eigenvalue weighted by atomic mass is 35.5. The molecule has 66 valence electrons. The van der Waals surface area contributed by atoms with E-state index in [1.54, 1.807) is 0 Å². The van der Waals surface area contributed by atoms with Crippen molar-refractivity contribution in [1.29, 1.82) is 0 Å². The lowest BCUT2D eigenvalue weighted by Gasteiger charge is -2.05. The molecule has 0 aliphatic carbocycles. The third-order valence-electron chi connectivity index (χ3n) is 1.17. The summed E-state index contributed by atoms with van der Waals surface area (Å²) in [4.78, 5) is 7.44. The number of halogens is 2. The van der Waals surface area contributed by atoms with Crippen molar-refractivity contribution in [3.05, 3.63) is 16.6 Å². The summed E-state index contributed by atoms with van der Waals surface area (Å²) in [5, 5.41) is 11.8. The number of rotatable bonds is 3. The van der Waals surface area contributed by atoms with Gasteiger partial charge in [0, 0.05) is 6.54 Å². The number of aliphatic hydroxyl groups is 1. The summed E-state index contributed by atoms with van der Waals surface area (Å²) in [5.74, 6) is 0. The van der Waals surface area contributed by atoms with Crippen molar-refractivity contribution in [3.63, 3.8) is 0 Å². The Hall–Kier alpha value is -0.580. The zero-order valence-corrected chi connectivity index (χ0v) is 7.60. The zero-order chi connectivity index (χ0) is 8.97. The molecule has 1 heterocycles. The van der Waals surface area contributed by atoms with Crippen LogP contribution in [0.25, 0.3) is 0 Å². The van der Waals surface area contributed by atoms with Gasteiger partial charge in [-0.25, -0.2) is 9.97 Å². The van der Waals surface area contributed by atoms with Gasteiger partial charge in [-0.2, -0.15) is 0 Å². The van der Waals surface area contributed by atoms with Crippen molar-refractivity contribution < 1.29 is 5.11 Å². The normalized spacial score (nSPS) is 9.92. The summed E-state index contributed by atoms with van der Waals surface area (Å²) >= 11 is 11.4. The first-order valence-electron chi connectivity index (χ1n) is 3.26. The van der Waals surface area contributed by atoms with Crippen LogP contribution in [-0.2, 0) is 0 Å². The average Bonchev–Trinajstić information content (AvgIpc) is 2.04. The molecule has 1 aromatic rings. The van der Waals surface area contributed by atoms with Crippen molar-refractivity contribution >= 4 is 28.9 Å². The maximum absolute atomic E-state index is 8.52. The highest BCUT2D eigenvalue weighted by Crippen LogP contribution is 2.24. The molecule has 0 radical (unpaired) electrons. The predicted molar refractivity (Wildman–Crippen MR) is 47.6 cm³/mol. The summed E-state index contributed by atoms with van der Waals surface area (Å²) in [5.41, 5.74) is 0.454. The molecule has 0 saturated heterocycles. The van der Waals surface area contributed by atoms with Gasteiger partial charge in [0.15, 0.2) is 10.3 Å². The second kappa shape index (κ2) is 4.45. The quantitative estimate of drug-likeness (QED) is 0.732. The molecule has 4 nitrogen and oxygen atoms in total. The lowest BCUT2D eigenvalue weighted by Crippen LogP contribution is -2.07. The molecule has 6 heteroatoms. The van der Waals surface area contributed by atoms with Gasteiger partial charge in [-0.3, -0.25) is 0 Å². The first kappa shape index (κ1) is 9.51. The fraction of sp³-hybridized carbons (Fsp3) is 0.333. The highest BCUT2D eigenvalue weighted by molar-refractivity contribution is 6.37. The molecule has 2 N–H and O–H groups in total. The van der Waals surface area contributed by atoms with E-state index in [2.05, 4.69) is 15.3 Å². The minimum absolute atomic E-state index is 0.00154. The van der Waals surface area contributed by atoms with E-state index >= 15 is 0 Å². The van der Waals surface area contributed by atoms with Gasteiger partial charge in [0.05, 0.1) is 6.61 Å². The van der Waals surface area contributed by atoms with Crippen LogP contribution in [0, 0.1) is 0 Å². The Bertz CT molecular complexity index is 249. The number of hydrogen-bond donors (Lipinski definition) is 2. The van der Waals surface area contributed by atoms with Crippen LogP contribution in [0.3, 0.4) is 0 Å². The number of aliphatic hydroxyl groups excluding tert-OH is 1. The molecule has 0 aliphatic heterocycles. The molecule has 0 amide bonds. The molecular formula is C6H7Cl2N3O. The van der Waals surface area contributed by atoms with E-state index in [1.165, 1.54) is 6.33 Å². The van der Waals surface area contributed by atoms with Crippen LogP contribution in [0.2, 0.25) is 10.3 Å². The summed E-state index contributed by atoms with van der Waals surface area (Å²) in [6, 6.07) is 0. The Morgan fingerprint density at radius 3 is 2.42 bits per heavy atom. The molecular weight excluding hydrogens is 201 g/mol. The van der Waals surface area contributed by atoms with Crippen molar-refractivity contribution in [1.82, 2.24) is 9.97 Å². The van der Waals surface area contributed by atoms with E-state index in [9.17, 15) is 0 Å². The first-order valence-corrected chi connectivity index (χ1v) is 4.02. The van der Waals surface area contributed by atoms with Crippen LogP contribution in [0.5, 0.6) is 0 Å². The van der Waals surface area contributed by atoms with E-state index in [0.29, 0.717) is 12.2 Å². The van der Waals surface area contributed by atoms with E-state index < -0.39 is 0 Å². The minimum atomic E-state index is 0.00154. The Labute approximate surface area is 79.6 Å². The van der Waals surface area contributed by atoms with Crippen LogP contribution >= 0.6 is 23.2 Å². The zero-order valence-electron chi connectivity index (χ0n) is 6.09. The minimum Gasteiger partial charge on any atom is -0.395 e. The molecule has 0 spiro atoms. The molecule has 0 aliphatic rings. The second-order valence-corrected chi connectivity index (χ2v) is 2.70. The highest BCUT2D eigenvalue weighted by Gasteiger charge is 2.05. The van der Waals surface area contributed by atoms with Crippen LogP contribution in [-0.4, -0.2) is 28.2 Å². The molecule has 0 fully saturated rings. The van der Waals surface area contributed by atoms with Crippen molar-refractivity contribution in [2.45, 2.75) is 0 Å². The van der Waals surface area contributed by atoms with Crippen LogP contribution < -0.4 is 5.32 Å². The van der Waals surface area contributed by atoms with Crippen LogP contribution in [0.4, 0.5) is 5.69 Å². The third-order valence-corrected chi connectivity index (χ3v) is 1.74. The van der Waals surface area contributed by atoms with Gasteiger partial charge in [0.2, 0.25) is 0 Å². The maximum atomic E-state index is 8.52. The fourth-order valence-electron chi connectivity index (χ4n) is 0.671. The SMILES string of the molecule is OCCNc1c(Cl)ncnc1Cl. The van der Waals surface area contributed by atoms with E-state index in [-0.39, 0.29) is 16.9 Å². The molecule has 0 aromatic carbocycles. The van der Waals surface area contributed by atoms with Crippen molar-refractivity contribution in [2.75, 3.05) is 18.5 Å². The summed E-state index contributed by atoms with van der Waals surface area (Å²) in [6.45, 7) is 0.369. The number of aromatic nitrogens is 2. The lowest BCUT2D eigenvalue weighted by molar-refractivity contribution is 0.311. The molecule has 0 atom stereocenters. The lowest BCUT2D eigenvalue weighted by atomic mass is 10.5. The Kier molecular flexibility index (Phi) is 3.52. The van der Waals surface area contributed by atoms with Crippen molar-refractivity contribution in [2.24, 2.45) is 0 Å². The standard InChI is InChI=1S/C6H7Cl2N3O/c7-5-4(9-1-2-12)6(8)11-3-10-5/h3,9,12H,1-2H2. The number of hydrogen-bond acceptors (Lipinski definition) is 4. The van der Waals surface area contributed by atoms with Gasteiger partial charge in [0.25, 0.3) is 0 Å². The molecule has 1 rings (SSSR count). The molecule has 0 saturated carbocycles. The van der Waals surface area contributed by atoms with Crippen LogP contribution in [0.1, 0.15) is 0 Å². The van der Waals surface area contributed by atoms with E-state index in [4.69, 9.17) is 28.3 Å². The monoisotopic (exact) mass is 207 g/mol. The number of nitrogens with zero attached hydrogens (tertiary/aromatic N) is 2. The van der Waals surface area contributed by atoms with Gasteiger partial charge < -0.3 is 10.4 Å². The Balaban J connectivity index is 2.81. The topological polar surface area (TPSA) is 58.0 Å². The fourth-order valence-corrected chi connectivity index (χ4v) is 1.12. The van der Waals surface area contributed by atoms with Gasteiger partial charge >= 0.3 is 0 Å². The Morgan fingerprint density at radius 2 is 1.92 bits per heavy atom. The molecule has 0 unspecified atom stereocenters. The summed E-state index contributed by atoms with van der Waals surface area (Å²) in [6.07, 6.45) is 1.27. The van der Waals surface area contributed by atoms with Gasteiger partial charge in [-0.1, -0.05) is 23.2 Å². The second-order valence-electron chi connectivity index (χ2n) is 1.98. The number of anilines is 1. The summed E-state index contributed by atoms with van der Waals surface area (Å²) in [7, 11) is 0. The first-order chi connectivity index (χ1) is 5.75. The smallest absolute Gasteiger partial charge is 0.157 e. The van der Waals surface area contributed by atoms with Gasteiger partial charge in [-0.05, 0) is 0 Å². The molecule has 0 bridgehead atoms. The average molecular weight is 208 g/mol. The predicted octanol–water partition coefficient (Wildman–Crippen LogP) is 1.19. The molecule has 1 aromatic heterocycles. The largest absolute Gasteiger partial charge is 0.395 e. The van der Waals surface area contributed by atoms with Crippen LogP contribution in [0.15, 0.2) is 6.33 Å². The van der Waals surface area contributed by atoms with E-state index in [1.807, 2.05) is 0 Å².